The second-order valence-electron chi connectivity index (χ2n) is 5.69. The first-order chi connectivity index (χ1) is 13.8. The molecule has 12 heteroatoms. The summed E-state index contributed by atoms with van der Waals surface area (Å²) in [5.74, 6) is -17.0. The lowest BCUT2D eigenvalue weighted by molar-refractivity contribution is -0.343. The first-order valence-electron chi connectivity index (χ1n) is 7.83. The van der Waals surface area contributed by atoms with Crippen molar-refractivity contribution in [3.63, 3.8) is 0 Å². The maximum Gasteiger partial charge on any atom is 0.460 e. The molecular weight excluding hydrogens is 443 g/mol. The van der Waals surface area contributed by atoms with Crippen molar-refractivity contribution in [1.29, 1.82) is 0 Å². The number of para-hydroxylation sites is 1. The Bertz CT molecular complexity index is 962. The Labute approximate surface area is 169 Å². The Morgan fingerprint density at radius 3 is 1.93 bits per heavy atom. The van der Waals surface area contributed by atoms with Crippen LogP contribution in [0.3, 0.4) is 0 Å². The number of anilines is 1. The van der Waals surface area contributed by atoms with Crippen molar-refractivity contribution < 1.29 is 45.1 Å². The van der Waals surface area contributed by atoms with Gasteiger partial charge in [-0.05, 0) is 24.4 Å². The molecule has 0 unspecified atom stereocenters. The summed E-state index contributed by atoms with van der Waals surface area (Å²) in [5, 5.41) is 0.886. The molecular formula is C18H10F7NO3S. The van der Waals surface area contributed by atoms with E-state index in [-0.39, 0.29) is 5.05 Å². The standard InChI is InChI=1S/C18H10F7NO3S/c19-16(20,17(21,22)18(23,24)25)15(28)26-12-9-5-4-8-11(12)13(27)29-14(30)10-6-2-1-3-7-10/h1-9H,(H,26,28). The molecule has 4 nitrogen and oxygen atoms in total. The van der Waals surface area contributed by atoms with Gasteiger partial charge in [0, 0.05) is 5.56 Å². The summed E-state index contributed by atoms with van der Waals surface area (Å²) in [6.45, 7) is 0. The molecule has 0 saturated heterocycles. The summed E-state index contributed by atoms with van der Waals surface area (Å²) in [5.41, 5.74) is -1.07. The van der Waals surface area contributed by atoms with Gasteiger partial charge in [-0.1, -0.05) is 42.5 Å². The lowest BCUT2D eigenvalue weighted by Gasteiger charge is -2.27. The Morgan fingerprint density at radius 1 is 0.833 bits per heavy atom. The first-order valence-corrected chi connectivity index (χ1v) is 8.24. The number of thiocarbonyl (C=S) groups is 1. The smallest absolute Gasteiger partial charge is 0.410 e. The van der Waals surface area contributed by atoms with E-state index in [1.165, 1.54) is 23.5 Å². The molecule has 160 valence electrons. The molecule has 0 bridgehead atoms. The number of hydrogen-bond donors (Lipinski definition) is 1. The van der Waals surface area contributed by atoms with E-state index in [0.717, 1.165) is 18.2 Å². The SMILES string of the molecule is O=C(OC(=S)c1ccccc1)c1ccccc1NC(=O)C(F)(F)C(F)(F)C(F)(F)F. The quantitative estimate of drug-likeness (QED) is 0.394. The monoisotopic (exact) mass is 453 g/mol. The number of alkyl halides is 7. The normalized spacial score (nSPS) is 12.2. The number of halogens is 7. The maximum atomic E-state index is 13.5. The van der Waals surface area contributed by atoms with Crippen molar-refractivity contribution in [3.05, 3.63) is 65.7 Å². The first kappa shape index (κ1) is 23.3. The largest absolute Gasteiger partial charge is 0.460 e. The molecule has 2 rings (SSSR count). The van der Waals surface area contributed by atoms with Crippen LogP contribution in [0.15, 0.2) is 54.6 Å². The molecule has 1 N–H and O–H groups in total. The van der Waals surface area contributed by atoms with E-state index in [1.807, 2.05) is 0 Å². The van der Waals surface area contributed by atoms with E-state index in [1.54, 1.807) is 18.2 Å². The number of nitrogens with one attached hydrogen (secondary N) is 1. The van der Waals surface area contributed by atoms with E-state index >= 15 is 0 Å². The minimum absolute atomic E-state index is 0.304. The van der Waals surface area contributed by atoms with Crippen LogP contribution in [0.4, 0.5) is 36.4 Å². The van der Waals surface area contributed by atoms with Gasteiger partial charge in [0.25, 0.3) is 0 Å². The predicted octanol–water partition coefficient (Wildman–Crippen LogP) is 4.99. The van der Waals surface area contributed by atoms with Crippen LogP contribution in [0, 0.1) is 0 Å². The van der Waals surface area contributed by atoms with Gasteiger partial charge in [-0.25, -0.2) is 4.79 Å². The van der Waals surface area contributed by atoms with Gasteiger partial charge in [0.1, 0.15) is 0 Å². The van der Waals surface area contributed by atoms with Crippen LogP contribution < -0.4 is 5.32 Å². The number of rotatable bonds is 5. The lowest BCUT2D eigenvalue weighted by atomic mass is 10.1. The minimum atomic E-state index is -6.69. The number of carbonyl (C=O) groups is 2. The van der Waals surface area contributed by atoms with E-state index in [9.17, 15) is 40.3 Å². The van der Waals surface area contributed by atoms with Gasteiger partial charge in [0.05, 0.1) is 11.3 Å². The second-order valence-corrected chi connectivity index (χ2v) is 6.06. The van der Waals surface area contributed by atoms with Gasteiger partial charge in [0.2, 0.25) is 5.05 Å². The lowest BCUT2D eigenvalue weighted by Crippen LogP contribution is -2.57. The number of ether oxygens (including phenoxy) is 1. The van der Waals surface area contributed by atoms with Crippen LogP contribution >= 0.6 is 12.2 Å². The zero-order valence-electron chi connectivity index (χ0n) is 14.5. The molecule has 0 aliphatic heterocycles. The summed E-state index contributed by atoms with van der Waals surface area (Å²) in [6, 6.07) is 11.9. The van der Waals surface area contributed by atoms with Crippen LogP contribution in [-0.2, 0) is 9.53 Å². The topological polar surface area (TPSA) is 55.4 Å². The Balaban J connectivity index is 2.26. The molecule has 0 fully saturated rings. The molecule has 0 spiro atoms. The fourth-order valence-corrected chi connectivity index (χ4v) is 2.28. The van der Waals surface area contributed by atoms with Crippen molar-refractivity contribution >= 4 is 34.8 Å². The third-order valence-corrected chi connectivity index (χ3v) is 3.94. The summed E-state index contributed by atoms with van der Waals surface area (Å²) in [4.78, 5) is 23.8. The van der Waals surface area contributed by atoms with Crippen molar-refractivity contribution in [2.45, 2.75) is 18.0 Å². The van der Waals surface area contributed by atoms with Crippen LogP contribution in [0.2, 0.25) is 0 Å². The average Bonchev–Trinajstić information content (AvgIpc) is 2.67. The summed E-state index contributed by atoms with van der Waals surface area (Å²) in [7, 11) is 0. The van der Waals surface area contributed by atoms with Gasteiger partial charge in [-0.15, -0.1) is 0 Å². The summed E-state index contributed by atoms with van der Waals surface area (Å²) < 4.78 is 94.7. The Morgan fingerprint density at radius 2 is 1.37 bits per heavy atom. The third kappa shape index (κ3) is 4.58. The number of amides is 1. The predicted molar refractivity (Wildman–Crippen MR) is 94.6 cm³/mol. The van der Waals surface area contributed by atoms with E-state index < -0.39 is 41.1 Å². The second kappa shape index (κ2) is 8.38. The highest BCUT2D eigenvalue weighted by Crippen LogP contribution is 2.47. The molecule has 30 heavy (non-hydrogen) atoms. The van der Waals surface area contributed by atoms with Gasteiger partial charge >= 0.3 is 29.9 Å². The highest BCUT2D eigenvalue weighted by molar-refractivity contribution is 7.80. The Kier molecular flexibility index (Phi) is 6.50. The van der Waals surface area contributed by atoms with Gasteiger partial charge in [-0.3, -0.25) is 4.79 Å². The van der Waals surface area contributed by atoms with Crippen molar-refractivity contribution in [3.8, 4) is 0 Å². The molecule has 0 aliphatic rings. The van der Waals surface area contributed by atoms with Crippen molar-refractivity contribution in [2.24, 2.45) is 0 Å². The number of benzene rings is 2. The zero-order valence-corrected chi connectivity index (χ0v) is 15.3. The maximum absolute atomic E-state index is 13.5. The molecule has 0 radical (unpaired) electrons. The van der Waals surface area contributed by atoms with E-state index in [4.69, 9.17) is 17.0 Å². The molecule has 0 aliphatic carbocycles. The summed E-state index contributed by atoms with van der Waals surface area (Å²) >= 11 is 4.90. The van der Waals surface area contributed by atoms with Crippen LogP contribution in [0.1, 0.15) is 15.9 Å². The molecule has 0 aromatic heterocycles. The number of hydrogen-bond acceptors (Lipinski definition) is 4. The van der Waals surface area contributed by atoms with Crippen LogP contribution in [-0.4, -0.2) is 34.9 Å². The van der Waals surface area contributed by atoms with Gasteiger partial charge < -0.3 is 10.1 Å². The summed E-state index contributed by atoms with van der Waals surface area (Å²) in [6.07, 6.45) is -6.69. The van der Waals surface area contributed by atoms with Crippen LogP contribution in [0.25, 0.3) is 0 Å². The molecule has 2 aromatic carbocycles. The van der Waals surface area contributed by atoms with Gasteiger partial charge in [-0.2, -0.15) is 30.7 Å². The van der Waals surface area contributed by atoms with E-state index in [2.05, 4.69) is 0 Å². The highest BCUT2D eigenvalue weighted by atomic mass is 32.1. The van der Waals surface area contributed by atoms with Crippen LogP contribution in [0.5, 0.6) is 0 Å². The molecule has 1 amide bonds. The van der Waals surface area contributed by atoms with Crippen molar-refractivity contribution in [2.75, 3.05) is 5.32 Å². The molecule has 2 aromatic rings. The number of carbonyl (C=O) groups excluding carboxylic acids is 2. The fraction of sp³-hybridized carbons (Fsp3) is 0.167. The zero-order chi connectivity index (χ0) is 22.7. The van der Waals surface area contributed by atoms with Gasteiger partial charge in [0.15, 0.2) is 0 Å². The molecule has 0 atom stereocenters. The average molecular weight is 453 g/mol. The number of esters is 1. The Hall–Kier alpha value is -3.02. The fourth-order valence-electron chi connectivity index (χ4n) is 2.06. The highest BCUT2D eigenvalue weighted by Gasteiger charge is 2.76. The van der Waals surface area contributed by atoms with Crippen molar-refractivity contribution in [1.82, 2.24) is 0 Å². The van der Waals surface area contributed by atoms with E-state index in [0.29, 0.717) is 5.56 Å². The minimum Gasteiger partial charge on any atom is -0.410 e. The molecule has 0 saturated carbocycles. The third-order valence-electron chi connectivity index (χ3n) is 3.63. The molecule has 0 heterocycles.